The van der Waals surface area contributed by atoms with Crippen molar-refractivity contribution in [1.29, 1.82) is 0 Å². The van der Waals surface area contributed by atoms with E-state index < -0.39 is 0 Å². The van der Waals surface area contributed by atoms with Gasteiger partial charge in [-0.25, -0.2) is 0 Å². The highest BCUT2D eigenvalue weighted by atomic mass is 16.5. The Morgan fingerprint density at radius 2 is 1.70 bits per heavy atom. The topological polar surface area (TPSA) is 92.2 Å². The maximum Gasteiger partial charge on any atom is 0.241 e. The van der Waals surface area contributed by atoms with Crippen LogP contribution in [0.2, 0.25) is 0 Å². The third kappa shape index (κ3) is 4.22. The fourth-order valence-electron chi connectivity index (χ4n) is 3.79. The minimum atomic E-state index is 0.419. The van der Waals surface area contributed by atoms with Crippen LogP contribution in [-0.2, 0) is 19.6 Å². The molecule has 4 aromatic rings. The molecule has 0 N–H and O–H groups in total. The van der Waals surface area contributed by atoms with Crippen molar-refractivity contribution in [3.05, 3.63) is 65.7 Å². The number of fused-ring (bicyclic) bond motifs is 2. The summed E-state index contributed by atoms with van der Waals surface area (Å²) >= 11 is 0. The molecule has 2 aromatic carbocycles. The summed E-state index contributed by atoms with van der Waals surface area (Å²) in [5.41, 5.74) is 1.94. The van der Waals surface area contributed by atoms with Gasteiger partial charge in [0.2, 0.25) is 11.7 Å². The number of aromatic nitrogens is 2. The summed E-state index contributed by atoms with van der Waals surface area (Å²) in [5.74, 6) is 4.77. The highest BCUT2D eigenvalue weighted by molar-refractivity contribution is 5.54. The fraction of sp³-hybridized carbons (Fsp3) is 0.250. The first kappa shape index (κ1) is 20.9. The van der Waals surface area contributed by atoms with Crippen LogP contribution < -0.4 is 18.9 Å². The molecular formula is C24H23N3O6. The number of hydrogen-bond donors (Lipinski definition) is 0. The van der Waals surface area contributed by atoms with Gasteiger partial charge in [-0.3, -0.25) is 4.90 Å². The van der Waals surface area contributed by atoms with E-state index in [2.05, 4.69) is 15.0 Å². The van der Waals surface area contributed by atoms with Crippen molar-refractivity contribution in [3.63, 3.8) is 0 Å². The summed E-state index contributed by atoms with van der Waals surface area (Å²) in [6, 6.07) is 13.1. The van der Waals surface area contributed by atoms with E-state index >= 15 is 0 Å². The first-order valence-corrected chi connectivity index (χ1v) is 10.4. The number of methoxy groups -OCH3 is 3. The molecule has 0 radical (unpaired) electrons. The Morgan fingerprint density at radius 3 is 2.45 bits per heavy atom. The Morgan fingerprint density at radius 1 is 0.909 bits per heavy atom. The highest BCUT2D eigenvalue weighted by Gasteiger charge is 2.23. The van der Waals surface area contributed by atoms with Gasteiger partial charge in [0.1, 0.15) is 17.2 Å². The number of ether oxygens (including phenoxy) is 4. The smallest absolute Gasteiger partial charge is 0.241 e. The van der Waals surface area contributed by atoms with Crippen LogP contribution >= 0.6 is 0 Å². The molecular weight excluding hydrogens is 426 g/mol. The summed E-state index contributed by atoms with van der Waals surface area (Å²) in [6.45, 7) is 1.61. The molecule has 0 aliphatic carbocycles. The normalized spacial score (nSPS) is 13.3. The molecule has 0 saturated heterocycles. The molecule has 170 valence electrons. The van der Waals surface area contributed by atoms with Crippen molar-refractivity contribution >= 4 is 0 Å². The monoisotopic (exact) mass is 449 g/mol. The van der Waals surface area contributed by atoms with Crippen LogP contribution in [0.1, 0.15) is 17.0 Å². The Bertz CT molecular complexity index is 1250. The molecule has 5 rings (SSSR count). The lowest BCUT2D eigenvalue weighted by Gasteiger charge is -2.27. The molecule has 9 nitrogen and oxygen atoms in total. The molecule has 0 bridgehead atoms. The van der Waals surface area contributed by atoms with Gasteiger partial charge in [0, 0.05) is 36.3 Å². The average molecular weight is 449 g/mol. The van der Waals surface area contributed by atoms with Crippen LogP contribution in [0.3, 0.4) is 0 Å². The van der Waals surface area contributed by atoms with Crippen molar-refractivity contribution in [2.45, 2.75) is 19.6 Å². The molecule has 0 fully saturated rings. The summed E-state index contributed by atoms with van der Waals surface area (Å²) in [6.07, 6.45) is 1.58. The molecule has 2 aromatic heterocycles. The summed E-state index contributed by atoms with van der Waals surface area (Å²) in [5, 5.41) is 4.04. The van der Waals surface area contributed by atoms with E-state index in [9.17, 15) is 0 Å². The fourth-order valence-corrected chi connectivity index (χ4v) is 3.79. The van der Waals surface area contributed by atoms with Gasteiger partial charge in [-0.15, -0.1) is 0 Å². The maximum absolute atomic E-state index is 6.31. The molecule has 33 heavy (non-hydrogen) atoms. The van der Waals surface area contributed by atoms with Gasteiger partial charge in [-0.2, -0.15) is 4.98 Å². The van der Waals surface area contributed by atoms with Crippen LogP contribution in [0.5, 0.6) is 28.7 Å². The molecule has 0 unspecified atom stereocenters. The second-order valence-corrected chi connectivity index (χ2v) is 7.52. The average Bonchev–Trinajstić information content (AvgIpc) is 3.51. The van der Waals surface area contributed by atoms with Crippen molar-refractivity contribution < 1.29 is 27.9 Å². The van der Waals surface area contributed by atoms with Gasteiger partial charge in [-0.05, 0) is 24.3 Å². The lowest BCUT2D eigenvalue weighted by Crippen LogP contribution is -2.24. The SMILES string of the molecule is COc1ccc2c(c1)Oc1cc(OC)c(OC)cc1CN(Cc1nc(-c3ccco3)no1)C2. The van der Waals surface area contributed by atoms with Crippen LogP contribution in [0.15, 0.2) is 57.7 Å². The van der Waals surface area contributed by atoms with Gasteiger partial charge in [0.25, 0.3) is 0 Å². The lowest BCUT2D eigenvalue weighted by atomic mass is 10.1. The largest absolute Gasteiger partial charge is 0.497 e. The number of furan rings is 1. The van der Waals surface area contributed by atoms with Crippen LogP contribution in [0.25, 0.3) is 11.6 Å². The minimum Gasteiger partial charge on any atom is -0.497 e. The number of benzene rings is 2. The van der Waals surface area contributed by atoms with Gasteiger partial charge in [0.05, 0.1) is 34.1 Å². The van der Waals surface area contributed by atoms with Gasteiger partial charge < -0.3 is 27.9 Å². The summed E-state index contributed by atoms with van der Waals surface area (Å²) < 4.78 is 33.6. The maximum atomic E-state index is 6.31. The second-order valence-electron chi connectivity index (χ2n) is 7.52. The Balaban J connectivity index is 1.52. The zero-order valence-corrected chi connectivity index (χ0v) is 18.5. The van der Waals surface area contributed by atoms with Gasteiger partial charge in [0.15, 0.2) is 17.3 Å². The lowest BCUT2D eigenvalue weighted by molar-refractivity contribution is 0.202. The van der Waals surface area contributed by atoms with Crippen molar-refractivity contribution in [1.82, 2.24) is 15.0 Å². The predicted octanol–water partition coefficient (Wildman–Crippen LogP) is 4.66. The Hall–Kier alpha value is -3.98. The van der Waals surface area contributed by atoms with Crippen LogP contribution in [-0.4, -0.2) is 36.4 Å². The van der Waals surface area contributed by atoms with Gasteiger partial charge >= 0.3 is 0 Å². The second kappa shape index (κ2) is 8.87. The highest BCUT2D eigenvalue weighted by Crippen LogP contribution is 2.41. The third-order valence-electron chi connectivity index (χ3n) is 5.42. The molecule has 1 aliphatic rings. The van der Waals surface area contributed by atoms with Crippen molar-refractivity contribution in [3.8, 4) is 40.3 Å². The summed E-state index contributed by atoms with van der Waals surface area (Å²) in [4.78, 5) is 6.68. The van der Waals surface area contributed by atoms with Crippen LogP contribution in [0, 0.1) is 0 Å². The van der Waals surface area contributed by atoms with E-state index in [1.54, 1.807) is 39.7 Å². The molecule has 0 saturated carbocycles. The third-order valence-corrected chi connectivity index (χ3v) is 5.42. The molecule has 0 atom stereocenters. The number of hydrogen-bond acceptors (Lipinski definition) is 9. The van der Waals surface area contributed by atoms with Crippen LogP contribution in [0.4, 0.5) is 0 Å². The molecule has 0 spiro atoms. The molecule has 9 heteroatoms. The van der Waals surface area contributed by atoms with E-state index in [1.165, 1.54) is 0 Å². The van der Waals surface area contributed by atoms with E-state index in [-0.39, 0.29) is 0 Å². The Labute approximate surface area is 190 Å². The quantitative estimate of drug-likeness (QED) is 0.416. The first-order valence-electron chi connectivity index (χ1n) is 10.4. The minimum absolute atomic E-state index is 0.419. The zero-order chi connectivity index (χ0) is 22.8. The number of nitrogens with zero attached hydrogens (tertiary/aromatic N) is 3. The van der Waals surface area contributed by atoms with Crippen molar-refractivity contribution in [2.75, 3.05) is 21.3 Å². The standard InChI is InChI=1S/C24H23N3O6/c1-28-17-7-6-15-12-27(14-23-25-24(26-33-23)18-5-4-8-31-18)13-16-9-21(29-2)22(30-3)11-20(16)32-19(15)10-17/h4-11H,12-14H2,1-3H3. The Kier molecular flexibility index (Phi) is 5.62. The molecule has 0 amide bonds. The van der Waals surface area contributed by atoms with E-state index in [1.807, 2.05) is 30.3 Å². The van der Waals surface area contributed by atoms with Crippen molar-refractivity contribution in [2.24, 2.45) is 0 Å². The first-order chi connectivity index (χ1) is 16.2. The van der Waals surface area contributed by atoms with Gasteiger partial charge in [-0.1, -0.05) is 11.2 Å². The predicted molar refractivity (Wildman–Crippen MR) is 118 cm³/mol. The molecule has 3 heterocycles. The van der Waals surface area contributed by atoms with E-state index in [0.717, 1.165) is 11.1 Å². The summed E-state index contributed by atoms with van der Waals surface area (Å²) in [7, 11) is 4.84. The zero-order valence-electron chi connectivity index (χ0n) is 18.5. The van der Waals surface area contributed by atoms with E-state index in [0.29, 0.717) is 65.9 Å². The number of rotatable bonds is 6. The molecule has 1 aliphatic heterocycles. The van der Waals surface area contributed by atoms with E-state index in [4.69, 9.17) is 27.9 Å².